The van der Waals surface area contributed by atoms with E-state index in [0.717, 1.165) is 19.3 Å². The summed E-state index contributed by atoms with van der Waals surface area (Å²) >= 11 is 0. The molecule has 5 nitrogen and oxygen atoms in total. The van der Waals surface area contributed by atoms with Gasteiger partial charge >= 0.3 is 5.97 Å². The Morgan fingerprint density at radius 3 is 2.60 bits per heavy atom. The van der Waals surface area contributed by atoms with Crippen molar-refractivity contribution < 1.29 is 14.3 Å². The predicted molar refractivity (Wildman–Crippen MR) is 55.0 cm³/mol. The summed E-state index contributed by atoms with van der Waals surface area (Å²) in [5.41, 5.74) is 5.73. The van der Waals surface area contributed by atoms with E-state index in [-0.39, 0.29) is 24.4 Å². The number of amides is 1. The van der Waals surface area contributed by atoms with Crippen molar-refractivity contribution in [3.8, 4) is 0 Å². The van der Waals surface area contributed by atoms with Crippen LogP contribution in [0.3, 0.4) is 0 Å². The largest absolute Gasteiger partial charge is 0.468 e. The molecule has 1 saturated carbocycles. The van der Waals surface area contributed by atoms with Crippen LogP contribution in [0.25, 0.3) is 0 Å². The zero-order valence-electron chi connectivity index (χ0n) is 9.23. The SMILES string of the molecule is COC(=O)CN(C)C(=O)C1CCC(N)C1. The normalized spacial score (nSPS) is 25.0. The molecule has 0 aromatic carbocycles. The van der Waals surface area contributed by atoms with Crippen molar-refractivity contribution in [3.63, 3.8) is 0 Å². The first-order valence-corrected chi connectivity index (χ1v) is 5.12. The van der Waals surface area contributed by atoms with E-state index < -0.39 is 5.97 Å². The van der Waals surface area contributed by atoms with Crippen molar-refractivity contribution in [2.24, 2.45) is 11.7 Å². The van der Waals surface area contributed by atoms with Crippen molar-refractivity contribution in [1.29, 1.82) is 0 Å². The number of likely N-dealkylation sites (N-methyl/N-ethyl adjacent to an activating group) is 1. The number of nitrogens with zero attached hydrogens (tertiary/aromatic N) is 1. The number of ether oxygens (including phenoxy) is 1. The lowest BCUT2D eigenvalue weighted by atomic mass is 10.1. The van der Waals surface area contributed by atoms with Crippen LogP contribution in [-0.2, 0) is 14.3 Å². The topological polar surface area (TPSA) is 72.6 Å². The Hall–Kier alpha value is -1.10. The van der Waals surface area contributed by atoms with Gasteiger partial charge < -0.3 is 15.4 Å². The minimum Gasteiger partial charge on any atom is -0.468 e. The third-order valence-corrected chi connectivity index (χ3v) is 2.79. The van der Waals surface area contributed by atoms with Crippen LogP contribution in [-0.4, -0.2) is 43.5 Å². The van der Waals surface area contributed by atoms with Crippen molar-refractivity contribution in [2.75, 3.05) is 20.7 Å². The van der Waals surface area contributed by atoms with E-state index >= 15 is 0 Å². The van der Waals surface area contributed by atoms with Crippen LogP contribution in [0, 0.1) is 5.92 Å². The molecule has 5 heteroatoms. The van der Waals surface area contributed by atoms with Crippen LogP contribution >= 0.6 is 0 Å². The molecule has 2 unspecified atom stereocenters. The lowest BCUT2D eigenvalue weighted by Crippen LogP contribution is -2.36. The highest BCUT2D eigenvalue weighted by Gasteiger charge is 2.30. The number of carbonyl (C=O) groups excluding carboxylic acids is 2. The van der Waals surface area contributed by atoms with E-state index in [2.05, 4.69) is 4.74 Å². The fourth-order valence-electron chi connectivity index (χ4n) is 1.89. The summed E-state index contributed by atoms with van der Waals surface area (Å²) in [6.45, 7) is 0.0150. The molecule has 86 valence electrons. The third-order valence-electron chi connectivity index (χ3n) is 2.79. The maximum absolute atomic E-state index is 11.8. The average Bonchev–Trinajstić information content (AvgIpc) is 2.63. The Morgan fingerprint density at radius 1 is 1.47 bits per heavy atom. The molecule has 1 amide bonds. The van der Waals surface area contributed by atoms with Crippen LogP contribution < -0.4 is 5.73 Å². The number of hydrogen-bond acceptors (Lipinski definition) is 4. The molecule has 15 heavy (non-hydrogen) atoms. The number of esters is 1. The van der Waals surface area contributed by atoms with Gasteiger partial charge in [-0.25, -0.2) is 0 Å². The van der Waals surface area contributed by atoms with Gasteiger partial charge in [0.1, 0.15) is 6.54 Å². The first-order valence-electron chi connectivity index (χ1n) is 5.12. The average molecular weight is 214 g/mol. The van der Waals surface area contributed by atoms with Crippen LogP contribution in [0.4, 0.5) is 0 Å². The number of nitrogens with two attached hydrogens (primary N) is 1. The zero-order valence-corrected chi connectivity index (χ0v) is 9.23. The molecule has 0 aliphatic heterocycles. The minimum atomic E-state index is -0.395. The van der Waals surface area contributed by atoms with Crippen molar-refractivity contribution >= 4 is 11.9 Å². The van der Waals surface area contributed by atoms with E-state index in [1.807, 2.05) is 0 Å². The number of rotatable bonds is 3. The Labute approximate surface area is 89.6 Å². The van der Waals surface area contributed by atoms with Crippen molar-refractivity contribution in [3.05, 3.63) is 0 Å². The summed E-state index contributed by atoms with van der Waals surface area (Å²) in [4.78, 5) is 24.2. The second-order valence-corrected chi connectivity index (χ2v) is 4.04. The van der Waals surface area contributed by atoms with Gasteiger partial charge in [0, 0.05) is 19.0 Å². The van der Waals surface area contributed by atoms with Gasteiger partial charge in [0.25, 0.3) is 0 Å². The van der Waals surface area contributed by atoms with Crippen LogP contribution in [0.2, 0.25) is 0 Å². The van der Waals surface area contributed by atoms with E-state index in [4.69, 9.17) is 5.73 Å². The molecule has 1 rings (SSSR count). The quantitative estimate of drug-likeness (QED) is 0.657. The number of hydrogen-bond donors (Lipinski definition) is 1. The molecule has 1 fully saturated rings. The standard InChI is InChI=1S/C10H18N2O3/c1-12(6-9(13)15-2)10(14)7-3-4-8(11)5-7/h7-8H,3-6,11H2,1-2H3. The van der Waals surface area contributed by atoms with Crippen LogP contribution in [0.1, 0.15) is 19.3 Å². The van der Waals surface area contributed by atoms with Gasteiger partial charge in [0.2, 0.25) is 5.91 Å². The van der Waals surface area contributed by atoms with Crippen molar-refractivity contribution in [2.45, 2.75) is 25.3 Å². The van der Waals surface area contributed by atoms with Gasteiger partial charge in [-0.2, -0.15) is 0 Å². The second-order valence-electron chi connectivity index (χ2n) is 4.04. The summed E-state index contributed by atoms with van der Waals surface area (Å²) in [7, 11) is 2.93. The molecule has 0 spiro atoms. The summed E-state index contributed by atoms with van der Waals surface area (Å²) in [5.74, 6) is -0.420. The van der Waals surface area contributed by atoms with Gasteiger partial charge in [-0.1, -0.05) is 0 Å². The minimum absolute atomic E-state index is 0.00616. The molecule has 1 aliphatic carbocycles. The summed E-state index contributed by atoms with van der Waals surface area (Å²) in [6, 6.07) is 0.130. The Bertz CT molecular complexity index is 255. The van der Waals surface area contributed by atoms with Gasteiger partial charge in [0.05, 0.1) is 7.11 Å². The lowest BCUT2D eigenvalue weighted by molar-refractivity contribution is -0.147. The first kappa shape index (κ1) is 12.0. The molecule has 0 aromatic heterocycles. The second kappa shape index (κ2) is 5.11. The highest BCUT2D eigenvalue weighted by Crippen LogP contribution is 2.25. The third kappa shape index (κ3) is 3.20. The Kier molecular flexibility index (Phi) is 4.08. The van der Waals surface area contributed by atoms with Crippen LogP contribution in [0.5, 0.6) is 0 Å². The molecular formula is C10H18N2O3. The van der Waals surface area contributed by atoms with E-state index in [1.165, 1.54) is 12.0 Å². The fourth-order valence-corrected chi connectivity index (χ4v) is 1.89. The highest BCUT2D eigenvalue weighted by atomic mass is 16.5. The maximum atomic E-state index is 11.8. The zero-order chi connectivity index (χ0) is 11.4. The Balaban J connectivity index is 2.42. The highest BCUT2D eigenvalue weighted by molar-refractivity contribution is 5.83. The number of carbonyl (C=O) groups is 2. The number of methoxy groups -OCH3 is 1. The summed E-state index contributed by atoms with van der Waals surface area (Å²) in [5, 5.41) is 0. The van der Waals surface area contributed by atoms with Crippen molar-refractivity contribution in [1.82, 2.24) is 4.90 Å². The first-order chi connectivity index (χ1) is 7.04. The summed E-state index contributed by atoms with van der Waals surface area (Å²) < 4.78 is 4.50. The fraction of sp³-hybridized carbons (Fsp3) is 0.800. The lowest BCUT2D eigenvalue weighted by Gasteiger charge is -2.19. The molecule has 0 radical (unpaired) electrons. The van der Waals surface area contributed by atoms with Gasteiger partial charge in [-0.05, 0) is 19.3 Å². The molecular weight excluding hydrogens is 196 g/mol. The summed E-state index contributed by atoms with van der Waals surface area (Å²) in [6.07, 6.45) is 2.44. The van der Waals surface area contributed by atoms with Crippen LogP contribution in [0.15, 0.2) is 0 Å². The van der Waals surface area contributed by atoms with E-state index in [0.29, 0.717) is 0 Å². The predicted octanol–water partition coefficient (Wildman–Crippen LogP) is -0.255. The molecule has 1 aliphatic rings. The van der Waals surface area contributed by atoms with E-state index in [9.17, 15) is 9.59 Å². The maximum Gasteiger partial charge on any atom is 0.325 e. The van der Waals surface area contributed by atoms with Gasteiger partial charge in [-0.15, -0.1) is 0 Å². The molecule has 0 bridgehead atoms. The van der Waals surface area contributed by atoms with Gasteiger partial charge in [0.15, 0.2) is 0 Å². The molecule has 2 atom stereocenters. The molecule has 2 N–H and O–H groups in total. The smallest absolute Gasteiger partial charge is 0.325 e. The van der Waals surface area contributed by atoms with Gasteiger partial charge in [-0.3, -0.25) is 9.59 Å². The molecule has 0 heterocycles. The van der Waals surface area contributed by atoms with E-state index in [1.54, 1.807) is 7.05 Å². The molecule has 0 aromatic rings. The monoisotopic (exact) mass is 214 g/mol. The Morgan fingerprint density at radius 2 is 2.13 bits per heavy atom. The molecule has 0 saturated heterocycles.